The third-order valence-corrected chi connectivity index (χ3v) is 4.25. The number of hydrogen-bond donors (Lipinski definition) is 1. The fraction of sp³-hybridized carbons (Fsp3) is 0.571. The van der Waals surface area contributed by atoms with Crippen LogP contribution in [-0.2, 0) is 0 Å². The Labute approximate surface area is 154 Å². The molecule has 1 rings (SSSR count). The van der Waals surface area contributed by atoms with Crippen molar-refractivity contribution in [1.29, 1.82) is 0 Å². The fourth-order valence-electron chi connectivity index (χ4n) is 2.79. The van der Waals surface area contributed by atoms with Crippen LogP contribution in [0.3, 0.4) is 0 Å². The first-order valence-corrected chi connectivity index (χ1v) is 9.50. The van der Waals surface area contributed by atoms with Crippen LogP contribution in [0, 0.1) is 31.1 Å². The lowest BCUT2D eigenvalue weighted by atomic mass is 9.90. The molecule has 1 amide bonds. The summed E-state index contributed by atoms with van der Waals surface area (Å²) < 4.78 is 0. The zero-order valence-corrected chi connectivity index (χ0v) is 16.9. The lowest BCUT2D eigenvalue weighted by Crippen LogP contribution is -2.47. The average Bonchev–Trinajstić information content (AvgIpc) is 2.59. The molecule has 0 spiro atoms. The molecule has 1 aromatic rings. The van der Waals surface area contributed by atoms with Gasteiger partial charge in [0.2, 0.25) is 0 Å². The van der Waals surface area contributed by atoms with Crippen molar-refractivity contribution in [3.63, 3.8) is 0 Å². The number of rotatable bonds is 7. The Morgan fingerprint density at radius 1 is 1.21 bits per heavy atom. The van der Waals surface area contributed by atoms with Crippen LogP contribution in [0.25, 0.3) is 0 Å². The van der Waals surface area contributed by atoms with Crippen LogP contribution < -0.4 is 0 Å². The van der Waals surface area contributed by atoms with Gasteiger partial charge >= 0.3 is 0 Å². The van der Waals surface area contributed by atoms with E-state index in [0.29, 0.717) is 12.5 Å². The normalized spacial score (nSPS) is 12.6. The maximum absolute atomic E-state index is 13.0. The van der Waals surface area contributed by atoms with Gasteiger partial charge in [0.05, 0.1) is 0 Å². The molecular weight excluding hydrogens is 314 g/mol. The summed E-state index contributed by atoms with van der Waals surface area (Å²) in [6.07, 6.45) is 6.50. The van der Waals surface area contributed by atoms with E-state index in [2.05, 4.69) is 32.4 Å². The lowest BCUT2D eigenvalue weighted by molar-refractivity contribution is 0.0579. The summed E-state index contributed by atoms with van der Waals surface area (Å²) in [5, 5.41) is 0. The molecular formula is C21H33NOS. The number of terminal acetylenes is 1. The van der Waals surface area contributed by atoms with Gasteiger partial charge in [0, 0.05) is 24.1 Å². The van der Waals surface area contributed by atoms with E-state index in [0.717, 1.165) is 23.3 Å². The standard InChI is InChI=1S/C19H27NOS.C2H6/c1-6-16(5)18(14(2)3)20(12-7-13-22)19(21)17-10-8-15(4)9-11-17;1-2/h1,8-11,14,16,18,22H,7,12-13H2,2-5H3;1-2H3. The maximum atomic E-state index is 13.0. The molecule has 0 aliphatic heterocycles. The van der Waals surface area contributed by atoms with Crippen molar-refractivity contribution in [2.45, 2.75) is 54.0 Å². The Morgan fingerprint density at radius 2 is 1.75 bits per heavy atom. The van der Waals surface area contributed by atoms with E-state index < -0.39 is 0 Å². The Hall–Kier alpha value is -1.40. The van der Waals surface area contributed by atoms with Crippen LogP contribution in [0.5, 0.6) is 0 Å². The number of aryl methyl sites for hydroxylation is 1. The molecule has 2 atom stereocenters. The Kier molecular flexibility index (Phi) is 11.3. The second-order valence-electron chi connectivity index (χ2n) is 6.13. The van der Waals surface area contributed by atoms with Crippen molar-refractivity contribution >= 4 is 18.5 Å². The number of hydrogen-bond acceptors (Lipinski definition) is 2. The highest BCUT2D eigenvalue weighted by Crippen LogP contribution is 2.22. The zero-order chi connectivity index (χ0) is 18.7. The van der Waals surface area contributed by atoms with Crippen LogP contribution in [0.4, 0.5) is 0 Å². The van der Waals surface area contributed by atoms with Crippen LogP contribution in [0.1, 0.15) is 57.0 Å². The molecule has 2 unspecified atom stereocenters. The first-order valence-electron chi connectivity index (χ1n) is 8.87. The van der Waals surface area contributed by atoms with E-state index in [1.165, 1.54) is 0 Å². The summed E-state index contributed by atoms with van der Waals surface area (Å²) >= 11 is 4.28. The van der Waals surface area contributed by atoms with Gasteiger partial charge in [-0.15, -0.1) is 12.3 Å². The molecule has 1 aromatic carbocycles. The molecule has 2 nitrogen and oxygen atoms in total. The zero-order valence-electron chi connectivity index (χ0n) is 16.0. The first kappa shape index (κ1) is 22.6. The summed E-state index contributed by atoms with van der Waals surface area (Å²) in [6, 6.07) is 7.77. The van der Waals surface area contributed by atoms with E-state index >= 15 is 0 Å². The predicted octanol–water partition coefficient (Wildman–Crippen LogP) is 5.08. The van der Waals surface area contributed by atoms with Crippen LogP contribution >= 0.6 is 12.6 Å². The smallest absolute Gasteiger partial charge is 0.254 e. The lowest BCUT2D eigenvalue weighted by Gasteiger charge is -2.37. The van der Waals surface area contributed by atoms with Gasteiger partial charge in [-0.1, -0.05) is 45.4 Å². The largest absolute Gasteiger partial charge is 0.334 e. The van der Waals surface area contributed by atoms with E-state index in [1.807, 2.05) is 56.9 Å². The third-order valence-electron chi connectivity index (χ3n) is 3.93. The van der Waals surface area contributed by atoms with Crippen molar-refractivity contribution in [1.82, 2.24) is 4.90 Å². The van der Waals surface area contributed by atoms with Crippen molar-refractivity contribution in [3.8, 4) is 12.3 Å². The maximum Gasteiger partial charge on any atom is 0.254 e. The Bertz CT molecular complexity index is 516. The summed E-state index contributed by atoms with van der Waals surface area (Å²) in [5.41, 5.74) is 1.87. The van der Waals surface area contributed by atoms with Gasteiger partial charge in [-0.05, 0) is 44.1 Å². The number of amides is 1. The number of thiol groups is 1. The van der Waals surface area contributed by atoms with Crippen LogP contribution in [0.15, 0.2) is 24.3 Å². The molecule has 24 heavy (non-hydrogen) atoms. The molecule has 0 fully saturated rings. The Balaban J connectivity index is 0.00000254. The second kappa shape index (κ2) is 12.0. The molecule has 3 heteroatoms. The van der Waals surface area contributed by atoms with Gasteiger partial charge in [0.1, 0.15) is 0 Å². The SMILES string of the molecule is C#CC(C)C(C(C)C)N(CCCS)C(=O)c1ccc(C)cc1.CC. The topological polar surface area (TPSA) is 20.3 Å². The van der Waals surface area contributed by atoms with Crippen LogP contribution in [0.2, 0.25) is 0 Å². The minimum atomic E-state index is 0.0225. The average molecular weight is 348 g/mol. The summed E-state index contributed by atoms with van der Waals surface area (Å²) in [4.78, 5) is 14.9. The van der Waals surface area contributed by atoms with Gasteiger partial charge < -0.3 is 4.90 Å². The number of nitrogens with zero attached hydrogens (tertiary/aromatic N) is 1. The molecule has 0 bridgehead atoms. The second-order valence-corrected chi connectivity index (χ2v) is 6.58. The van der Waals surface area contributed by atoms with Crippen molar-refractivity contribution in [2.24, 2.45) is 11.8 Å². The molecule has 0 saturated heterocycles. The molecule has 0 radical (unpaired) electrons. The molecule has 0 saturated carbocycles. The quantitative estimate of drug-likeness (QED) is 0.539. The molecule has 0 aromatic heterocycles. The van der Waals surface area contributed by atoms with Gasteiger partial charge in [0.25, 0.3) is 5.91 Å². The Morgan fingerprint density at radius 3 is 2.17 bits per heavy atom. The molecule has 134 valence electrons. The summed E-state index contributed by atoms with van der Waals surface area (Å²) in [6.45, 7) is 13.0. The number of carbonyl (C=O) groups excluding carboxylic acids is 1. The van der Waals surface area contributed by atoms with Gasteiger partial charge in [0.15, 0.2) is 0 Å². The summed E-state index contributed by atoms with van der Waals surface area (Å²) in [7, 11) is 0. The van der Waals surface area contributed by atoms with Gasteiger partial charge in [-0.3, -0.25) is 4.79 Å². The number of carbonyl (C=O) groups is 1. The monoisotopic (exact) mass is 347 g/mol. The highest BCUT2D eigenvalue weighted by molar-refractivity contribution is 7.80. The molecule has 0 heterocycles. The highest BCUT2D eigenvalue weighted by atomic mass is 32.1. The van der Waals surface area contributed by atoms with Crippen LogP contribution in [-0.4, -0.2) is 29.1 Å². The predicted molar refractivity (Wildman–Crippen MR) is 109 cm³/mol. The number of benzene rings is 1. The molecule has 0 aliphatic carbocycles. The summed E-state index contributed by atoms with van der Waals surface area (Å²) in [5.74, 6) is 3.95. The fourth-order valence-corrected chi connectivity index (χ4v) is 2.94. The first-order chi connectivity index (χ1) is 11.4. The molecule has 0 aliphatic rings. The van der Waals surface area contributed by atoms with Crippen molar-refractivity contribution in [2.75, 3.05) is 12.3 Å². The minimum Gasteiger partial charge on any atom is -0.334 e. The highest BCUT2D eigenvalue weighted by Gasteiger charge is 2.30. The van der Waals surface area contributed by atoms with E-state index in [4.69, 9.17) is 6.42 Å². The van der Waals surface area contributed by atoms with E-state index in [-0.39, 0.29) is 17.9 Å². The van der Waals surface area contributed by atoms with Gasteiger partial charge in [-0.25, -0.2) is 0 Å². The minimum absolute atomic E-state index is 0.0225. The molecule has 0 N–H and O–H groups in total. The van der Waals surface area contributed by atoms with Gasteiger partial charge in [-0.2, -0.15) is 12.6 Å². The van der Waals surface area contributed by atoms with Crippen molar-refractivity contribution < 1.29 is 4.79 Å². The van der Waals surface area contributed by atoms with Crippen molar-refractivity contribution in [3.05, 3.63) is 35.4 Å². The third kappa shape index (κ3) is 6.61. The van der Waals surface area contributed by atoms with E-state index in [9.17, 15) is 4.79 Å². The van der Waals surface area contributed by atoms with E-state index in [1.54, 1.807) is 0 Å².